The molecule has 0 bridgehead atoms. The number of aromatic nitrogens is 2. The lowest BCUT2D eigenvalue weighted by Gasteiger charge is -2.13. The average Bonchev–Trinajstić information content (AvgIpc) is 2.98. The topological polar surface area (TPSA) is 70.2 Å². The van der Waals surface area contributed by atoms with Crippen LogP contribution in [0.5, 0.6) is 5.75 Å². The number of rotatable bonds is 7. The molecule has 0 amide bonds. The minimum atomic E-state index is -4.37. The molecule has 0 aliphatic carbocycles. The van der Waals surface area contributed by atoms with E-state index in [-0.39, 0.29) is 12.4 Å². The van der Waals surface area contributed by atoms with Crippen LogP contribution in [0, 0.1) is 0 Å². The molecular formula is C14H16F3N3O2. The van der Waals surface area contributed by atoms with E-state index >= 15 is 0 Å². The van der Waals surface area contributed by atoms with Gasteiger partial charge in [-0.15, -0.1) is 0 Å². The van der Waals surface area contributed by atoms with Crippen LogP contribution in [0.25, 0.3) is 0 Å². The first kappa shape index (κ1) is 16.3. The smallest absolute Gasteiger partial charge is 0.416 e. The van der Waals surface area contributed by atoms with Gasteiger partial charge in [0.1, 0.15) is 18.5 Å². The second-order valence-electron chi connectivity index (χ2n) is 4.70. The number of aromatic amines is 1. The molecule has 3 N–H and O–H groups in total. The second kappa shape index (κ2) is 7.28. The highest BCUT2D eigenvalue weighted by atomic mass is 19.4. The van der Waals surface area contributed by atoms with Gasteiger partial charge >= 0.3 is 6.18 Å². The number of hydrogen-bond acceptors (Lipinski definition) is 4. The van der Waals surface area contributed by atoms with Crippen LogP contribution in [0.1, 0.15) is 11.3 Å². The minimum Gasteiger partial charge on any atom is -0.491 e. The molecule has 1 heterocycles. The van der Waals surface area contributed by atoms with Crippen molar-refractivity contribution in [3.8, 4) is 5.75 Å². The van der Waals surface area contributed by atoms with E-state index in [1.165, 1.54) is 12.1 Å². The maximum Gasteiger partial charge on any atom is 0.416 e. The largest absolute Gasteiger partial charge is 0.491 e. The third-order valence-electron chi connectivity index (χ3n) is 2.88. The van der Waals surface area contributed by atoms with Crippen LogP contribution in [0.15, 0.2) is 36.5 Å². The third kappa shape index (κ3) is 5.05. The number of aliphatic hydroxyl groups is 1. The summed E-state index contributed by atoms with van der Waals surface area (Å²) in [6.07, 6.45) is -3.51. The third-order valence-corrected chi connectivity index (χ3v) is 2.88. The molecule has 2 aromatic rings. The van der Waals surface area contributed by atoms with Gasteiger partial charge in [-0.3, -0.25) is 5.10 Å². The molecule has 8 heteroatoms. The fourth-order valence-electron chi connectivity index (χ4n) is 1.75. The van der Waals surface area contributed by atoms with Gasteiger partial charge in [-0.2, -0.15) is 18.3 Å². The Morgan fingerprint density at radius 2 is 1.95 bits per heavy atom. The van der Waals surface area contributed by atoms with Gasteiger partial charge in [0, 0.05) is 25.0 Å². The van der Waals surface area contributed by atoms with Crippen molar-refractivity contribution < 1.29 is 23.0 Å². The summed E-state index contributed by atoms with van der Waals surface area (Å²) in [6, 6.07) is 6.15. The van der Waals surface area contributed by atoms with E-state index < -0.39 is 17.8 Å². The summed E-state index contributed by atoms with van der Waals surface area (Å²) in [4.78, 5) is 0. The predicted octanol–water partition coefficient (Wildman–Crippen LogP) is 1.96. The fourth-order valence-corrected chi connectivity index (χ4v) is 1.75. The summed E-state index contributed by atoms with van der Waals surface area (Å²) in [5, 5.41) is 19.3. The summed E-state index contributed by atoms with van der Waals surface area (Å²) in [7, 11) is 0. The van der Waals surface area contributed by atoms with E-state index in [1.54, 1.807) is 12.3 Å². The van der Waals surface area contributed by atoms with Crippen molar-refractivity contribution in [2.45, 2.75) is 18.8 Å². The Bertz CT molecular complexity index is 556. The van der Waals surface area contributed by atoms with Crippen molar-refractivity contribution in [3.05, 3.63) is 47.8 Å². The van der Waals surface area contributed by atoms with Crippen LogP contribution in [0.4, 0.5) is 13.2 Å². The van der Waals surface area contributed by atoms with Crippen molar-refractivity contribution in [1.82, 2.24) is 15.5 Å². The Morgan fingerprint density at radius 3 is 2.55 bits per heavy atom. The van der Waals surface area contributed by atoms with E-state index in [4.69, 9.17) is 4.74 Å². The summed E-state index contributed by atoms with van der Waals surface area (Å²) in [5.41, 5.74) is 0.150. The van der Waals surface area contributed by atoms with Crippen molar-refractivity contribution in [1.29, 1.82) is 0 Å². The SMILES string of the molecule is OC(CNCc1ccn[nH]1)COc1ccc(C(F)(F)F)cc1. The first-order valence-electron chi connectivity index (χ1n) is 6.62. The molecule has 120 valence electrons. The molecule has 2 rings (SSSR count). The first-order valence-corrected chi connectivity index (χ1v) is 6.62. The average molecular weight is 315 g/mol. The van der Waals surface area contributed by atoms with Gasteiger partial charge < -0.3 is 15.2 Å². The Balaban J connectivity index is 1.70. The molecule has 0 aliphatic rings. The van der Waals surface area contributed by atoms with E-state index in [0.29, 0.717) is 13.1 Å². The molecule has 0 saturated heterocycles. The van der Waals surface area contributed by atoms with Gasteiger partial charge in [-0.25, -0.2) is 0 Å². The molecule has 1 atom stereocenters. The lowest BCUT2D eigenvalue weighted by molar-refractivity contribution is -0.137. The van der Waals surface area contributed by atoms with Crippen molar-refractivity contribution in [3.63, 3.8) is 0 Å². The molecule has 0 aliphatic heterocycles. The minimum absolute atomic E-state index is 0.0126. The van der Waals surface area contributed by atoms with Crippen molar-refractivity contribution in [2.24, 2.45) is 0 Å². The van der Waals surface area contributed by atoms with Crippen molar-refractivity contribution >= 4 is 0 Å². The van der Waals surface area contributed by atoms with E-state index in [9.17, 15) is 18.3 Å². The Morgan fingerprint density at radius 1 is 1.23 bits per heavy atom. The molecule has 1 aromatic heterocycles. The van der Waals surface area contributed by atoms with Gasteiger partial charge in [0.05, 0.1) is 5.56 Å². The Hall–Kier alpha value is -2.06. The highest BCUT2D eigenvalue weighted by Crippen LogP contribution is 2.30. The number of benzene rings is 1. The summed E-state index contributed by atoms with van der Waals surface area (Å²) >= 11 is 0. The number of alkyl halides is 3. The molecule has 1 aromatic carbocycles. The van der Waals surface area contributed by atoms with Crippen LogP contribution in [0.2, 0.25) is 0 Å². The number of nitrogens with zero attached hydrogens (tertiary/aromatic N) is 1. The zero-order chi connectivity index (χ0) is 16.0. The van der Waals surface area contributed by atoms with E-state index in [2.05, 4.69) is 15.5 Å². The van der Waals surface area contributed by atoms with Crippen molar-refractivity contribution in [2.75, 3.05) is 13.2 Å². The first-order chi connectivity index (χ1) is 10.4. The summed E-state index contributed by atoms with van der Waals surface area (Å²) in [6.45, 7) is 0.804. The molecule has 1 unspecified atom stereocenters. The molecule has 5 nitrogen and oxygen atoms in total. The quantitative estimate of drug-likeness (QED) is 0.730. The Kier molecular flexibility index (Phi) is 5.40. The van der Waals surface area contributed by atoms with Gasteiger partial charge in [-0.05, 0) is 30.3 Å². The number of hydrogen-bond donors (Lipinski definition) is 3. The summed E-state index contributed by atoms with van der Waals surface area (Å²) in [5.74, 6) is 0.278. The molecule has 0 saturated carbocycles. The van der Waals surface area contributed by atoms with Crippen LogP contribution in [0.3, 0.4) is 0 Å². The lowest BCUT2D eigenvalue weighted by Crippen LogP contribution is -2.31. The molecule has 0 radical (unpaired) electrons. The Labute approximate surface area is 125 Å². The lowest BCUT2D eigenvalue weighted by atomic mass is 10.2. The molecule has 0 fully saturated rings. The van der Waals surface area contributed by atoms with Crippen LogP contribution in [-0.4, -0.2) is 34.6 Å². The second-order valence-corrected chi connectivity index (χ2v) is 4.70. The maximum absolute atomic E-state index is 12.4. The highest BCUT2D eigenvalue weighted by Gasteiger charge is 2.30. The maximum atomic E-state index is 12.4. The van der Waals surface area contributed by atoms with Gasteiger partial charge in [0.2, 0.25) is 0 Å². The summed E-state index contributed by atoms with van der Waals surface area (Å²) < 4.78 is 42.4. The van der Waals surface area contributed by atoms with Crippen LogP contribution >= 0.6 is 0 Å². The normalized spacial score (nSPS) is 13.1. The number of aliphatic hydroxyl groups excluding tert-OH is 1. The monoisotopic (exact) mass is 315 g/mol. The van der Waals surface area contributed by atoms with Gasteiger partial charge in [-0.1, -0.05) is 0 Å². The fraction of sp³-hybridized carbons (Fsp3) is 0.357. The van der Waals surface area contributed by atoms with Gasteiger partial charge in [0.15, 0.2) is 0 Å². The number of H-pyrrole nitrogens is 1. The zero-order valence-corrected chi connectivity index (χ0v) is 11.6. The number of ether oxygens (including phenoxy) is 1. The van der Waals surface area contributed by atoms with Gasteiger partial charge in [0.25, 0.3) is 0 Å². The van der Waals surface area contributed by atoms with Crippen LogP contribution in [-0.2, 0) is 12.7 Å². The van der Waals surface area contributed by atoms with E-state index in [0.717, 1.165) is 17.8 Å². The molecule has 0 spiro atoms. The van der Waals surface area contributed by atoms with E-state index in [1.807, 2.05) is 0 Å². The zero-order valence-electron chi connectivity index (χ0n) is 11.6. The number of halogens is 3. The van der Waals surface area contributed by atoms with Crippen LogP contribution < -0.4 is 10.1 Å². The molecule has 22 heavy (non-hydrogen) atoms. The molecular weight excluding hydrogens is 299 g/mol. The standard InChI is InChI=1S/C14H16F3N3O2/c15-14(16,17)10-1-3-13(4-2-10)22-9-12(21)8-18-7-11-5-6-19-20-11/h1-6,12,18,21H,7-9H2,(H,19,20). The predicted molar refractivity (Wildman–Crippen MR) is 73.2 cm³/mol. The highest BCUT2D eigenvalue weighted by molar-refractivity contribution is 5.28. The number of nitrogens with one attached hydrogen (secondary N) is 2.